The molecule has 0 aliphatic carbocycles. The largest absolute Gasteiger partial charge is 0.351 e. The first-order valence-corrected chi connectivity index (χ1v) is 7.32. The van der Waals surface area contributed by atoms with Gasteiger partial charge in [0.25, 0.3) is 0 Å². The fraction of sp³-hybridized carbons (Fsp3) is 0.235. The third kappa shape index (κ3) is 5.21. The summed E-state index contributed by atoms with van der Waals surface area (Å²) in [6.45, 7) is 2.82. The van der Waals surface area contributed by atoms with Crippen LogP contribution in [0.25, 0.3) is 0 Å². The molecular weight excluding hydrogens is 284 g/mol. The van der Waals surface area contributed by atoms with E-state index in [1.807, 2.05) is 61.5 Å². The average Bonchev–Trinajstić information content (AvgIpc) is 2.51. The lowest BCUT2D eigenvalue weighted by molar-refractivity contribution is -0.120. The van der Waals surface area contributed by atoms with Crippen LogP contribution < -0.4 is 10.6 Å². The fourth-order valence-electron chi connectivity index (χ4n) is 2.02. The van der Waals surface area contributed by atoms with Crippen LogP contribution in [-0.2, 0) is 11.3 Å². The van der Waals surface area contributed by atoms with Crippen molar-refractivity contribution in [3.8, 4) is 0 Å². The molecular formula is C17H19ClN2O. The number of benzene rings is 2. The Bertz CT molecular complexity index is 586. The molecule has 1 amide bonds. The summed E-state index contributed by atoms with van der Waals surface area (Å²) in [6.07, 6.45) is 0. The Hall–Kier alpha value is -1.84. The molecule has 0 spiro atoms. The number of rotatable bonds is 6. The van der Waals surface area contributed by atoms with Crippen LogP contribution in [0.3, 0.4) is 0 Å². The number of carbonyl (C=O) groups excluding carboxylic acids is 1. The average molecular weight is 303 g/mol. The van der Waals surface area contributed by atoms with Crippen LogP contribution in [-0.4, -0.2) is 12.5 Å². The first-order chi connectivity index (χ1) is 10.1. The summed E-state index contributed by atoms with van der Waals surface area (Å²) in [4.78, 5) is 11.8. The van der Waals surface area contributed by atoms with E-state index in [2.05, 4.69) is 10.6 Å². The van der Waals surface area contributed by atoms with E-state index in [1.54, 1.807) is 0 Å². The van der Waals surface area contributed by atoms with E-state index in [4.69, 9.17) is 11.6 Å². The Balaban J connectivity index is 1.75. The summed E-state index contributed by atoms with van der Waals surface area (Å²) in [5, 5.41) is 6.76. The predicted molar refractivity (Wildman–Crippen MR) is 86.2 cm³/mol. The van der Waals surface area contributed by atoms with Crippen LogP contribution in [0.15, 0.2) is 54.6 Å². The summed E-state index contributed by atoms with van der Waals surface area (Å²) < 4.78 is 0. The molecule has 0 heterocycles. The third-order valence-corrected chi connectivity index (χ3v) is 3.48. The van der Waals surface area contributed by atoms with Crippen LogP contribution in [0.5, 0.6) is 0 Å². The van der Waals surface area contributed by atoms with Crippen molar-refractivity contribution in [1.82, 2.24) is 10.6 Å². The molecule has 0 unspecified atom stereocenters. The minimum atomic E-state index is -0.0299. The van der Waals surface area contributed by atoms with Gasteiger partial charge in [0.1, 0.15) is 0 Å². The summed E-state index contributed by atoms with van der Waals surface area (Å²) in [5.41, 5.74) is 2.16. The highest BCUT2D eigenvalue weighted by molar-refractivity contribution is 6.30. The van der Waals surface area contributed by atoms with Gasteiger partial charge in [-0.05, 0) is 30.2 Å². The standard InChI is InChI=1S/C17H19ClN2O/c1-13(15-7-3-2-4-8-15)19-12-17(21)20-11-14-6-5-9-16(18)10-14/h2-10,13,19H,11-12H2,1H3,(H,20,21)/t13-/m0/s1. The van der Waals surface area contributed by atoms with Gasteiger partial charge in [0.2, 0.25) is 5.91 Å². The Morgan fingerprint density at radius 2 is 1.90 bits per heavy atom. The van der Waals surface area contributed by atoms with Gasteiger partial charge in [-0.3, -0.25) is 4.79 Å². The zero-order chi connectivity index (χ0) is 15.1. The van der Waals surface area contributed by atoms with Crippen LogP contribution >= 0.6 is 11.6 Å². The third-order valence-electron chi connectivity index (χ3n) is 3.25. The second-order valence-electron chi connectivity index (χ2n) is 4.92. The minimum absolute atomic E-state index is 0.0299. The maximum Gasteiger partial charge on any atom is 0.234 e. The molecule has 4 heteroatoms. The maximum absolute atomic E-state index is 11.8. The van der Waals surface area contributed by atoms with Crippen LogP contribution in [0.1, 0.15) is 24.1 Å². The molecule has 110 valence electrons. The van der Waals surface area contributed by atoms with Crippen LogP contribution in [0.4, 0.5) is 0 Å². The Morgan fingerprint density at radius 1 is 1.14 bits per heavy atom. The first-order valence-electron chi connectivity index (χ1n) is 6.94. The van der Waals surface area contributed by atoms with Crippen molar-refractivity contribution in [3.05, 3.63) is 70.7 Å². The van der Waals surface area contributed by atoms with Crippen LogP contribution in [0.2, 0.25) is 5.02 Å². The molecule has 0 aliphatic heterocycles. The number of nitrogens with one attached hydrogen (secondary N) is 2. The quantitative estimate of drug-likeness (QED) is 0.859. The SMILES string of the molecule is C[C@H](NCC(=O)NCc1cccc(Cl)c1)c1ccccc1. The van der Waals surface area contributed by atoms with Crippen molar-refractivity contribution in [2.45, 2.75) is 19.5 Å². The molecule has 1 atom stereocenters. The molecule has 3 nitrogen and oxygen atoms in total. The van der Waals surface area contributed by atoms with Gasteiger partial charge in [0.15, 0.2) is 0 Å². The second kappa shape index (κ2) is 7.81. The summed E-state index contributed by atoms with van der Waals surface area (Å²) in [6, 6.07) is 17.7. The van der Waals surface area contributed by atoms with Gasteiger partial charge >= 0.3 is 0 Å². The molecule has 0 bridgehead atoms. The summed E-state index contributed by atoms with van der Waals surface area (Å²) in [5.74, 6) is -0.0299. The lowest BCUT2D eigenvalue weighted by atomic mass is 10.1. The van der Waals surface area contributed by atoms with Gasteiger partial charge < -0.3 is 10.6 Å². The Kier molecular flexibility index (Phi) is 5.78. The number of halogens is 1. The van der Waals surface area contributed by atoms with E-state index >= 15 is 0 Å². The van der Waals surface area contributed by atoms with Gasteiger partial charge in [-0.1, -0.05) is 54.1 Å². The van der Waals surface area contributed by atoms with Gasteiger partial charge in [-0.2, -0.15) is 0 Å². The van der Waals surface area contributed by atoms with Crippen molar-refractivity contribution in [2.75, 3.05) is 6.54 Å². The predicted octanol–water partition coefficient (Wildman–Crippen LogP) is 3.31. The fourth-order valence-corrected chi connectivity index (χ4v) is 2.23. The topological polar surface area (TPSA) is 41.1 Å². The van der Waals surface area contributed by atoms with E-state index in [-0.39, 0.29) is 18.5 Å². The van der Waals surface area contributed by atoms with E-state index in [1.165, 1.54) is 5.56 Å². The smallest absolute Gasteiger partial charge is 0.234 e. The van der Waals surface area contributed by atoms with E-state index in [0.29, 0.717) is 11.6 Å². The highest BCUT2D eigenvalue weighted by Gasteiger charge is 2.07. The minimum Gasteiger partial charge on any atom is -0.351 e. The van der Waals surface area contributed by atoms with Gasteiger partial charge in [0, 0.05) is 17.6 Å². The number of hydrogen-bond donors (Lipinski definition) is 2. The monoisotopic (exact) mass is 302 g/mol. The maximum atomic E-state index is 11.8. The van der Waals surface area contributed by atoms with Gasteiger partial charge in [-0.15, -0.1) is 0 Å². The van der Waals surface area contributed by atoms with Crippen molar-refractivity contribution >= 4 is 17.5 Å². The summed E-state index contributed by atoms with van der Waals surface area (Å²) >= 11 is 5.91. The molecule has 0 aliphatic rings. The van der Waals surface area contributed by atoms with Gasteiger partial charge in [0.05, 0.1) is 6.54 Å². The summed E-state index contributed by atoms with van der Waals surface area (Å²) in [7, 11) is 0. The second-order valence-corrected chi connectivity index (χ2v) is 5.36. The Labute approximate surface area is 130 Å². The normalized spacial score (nSPS) is 11.9. The van der Waals surface area contributed by atoms with Crippen molar-refractivity contribution in [1.29, 1.82) is 0 Å². The van der Waals surface area contributed by atoms with Crippen LogP contribution in [0, 0.1) is 0 Å². The highest BCUT2D eigenvalue weighted by atomic mass is 35.5. The molecule has 0 aromatic heterocycles. The number of carbonyl (C=O) groups is 1. The Morgan fingerprint density at radius 3 is 2.62 bits per heavy atom. The molecule has 0 radical (unpaired) electrons. The molecule has 2 aromatic carbocycles. The zero-order valence-electron chi connectivity index (χ0n) is 12.0. The molecule has 2 N–H and O–H groups in total. The molecule has 0 saturated heterocycles. The van der Waals surface area contributed by atoms with Gasteiger partial charge in [-0.25, -0.2) is 0 Å². The first kappa shape index (κ1) is 15.5. The van der Waals surface area contributed by atoms with Crippen molar-refractivity contribution in [2.24, 2.45) is 0 Å². The number of hydrogen-bond acceptors (Lipinski definition) is 2. The molecule has 2 aromatic rings. The molecule has 0 saturated carbocycles. The highest BCUT2D eigenvalue weighted by Crippen LogP contribution is 2.11. The van der Waals surface area contributed by atoms with Crippen molar-refractivity contribution in [3.63, 3.8) is 0 Å². The molecule has 2 rings (SSSR count). The molecule has 21 heavy (non-hydrogen) atoms. The van der Waals surface area contributed by atoms with E-state index in [9.17, 15) is 4.79 Å². The molecule has 0 fully saturated rings. The lowest BCUT2D eigenvalue weighted by Crippen LogP contribution is -2.34. The number of amides is 1. The van der Waals surface area contributed by atoms with Crippen molar-refractivity contribution < 1.29 is 4.79 Å². The van der Waals surface area contributed by atoms with E-state index in [0.717, 1.165) is 5.56 Å². The zero-order valence-corrected chi connectivity index (χ0v) is 12.7. The van der Waals surface area contributed by atoms with E-state index < -0.39 is 0 Å². The lowest BCUT2D eigenvalue weighted by Gasteiger charge is -2.14.